The second-order valence-corrected chi connectivity index (χ2v) is 6.84. The van der Waals surface area contributed by atoms with Crippen LogP contribution in [0.2, 0.25) is 0 Å². The average molecular weight is 401 g/mol. The normalized spacial score (nSPS) is 14.1. The summed E-state index contributed by atoms with van der Waals surface area (Å²) in [5.41, 5.74) is 1.16. The number of hydrogen-bond donors (Lipinski definition) is 0. The number of amides is 1. The summed E-state index contributed by atoms with van der Waals surface area (Å²) in [5.74, 6) is 1.47. The van der Waals surface area contributed by atoms with Gasteiger partial charge in [-0.25, -0.2) is 15.0 Å². The minimum Gasteiger partial charge on any atom is -0.353 e. The van der Waals surface area contributed by atoms with Crippen molar-refractivity contribution in [3.05, 3.63) is 73.3 Å². The number of aromatic nitrogens is 7. The summed E-state index contributed by atoms with van der Waals surface area (Å²) in [4.78, 5) is 31.0. The molecule has 10 nitrogen and oxygen atoms in total. The largest absolute Gasteiger partial charge is 0.353 e. The van der Waals surface area contributed by atoms with Crippen molar-refractivity contribution in [2.75, 3.05) is 31.1 Å². The molecule has 5 rings (SSSR count). The minimum atomic E-state index is -0.112. The Hall–Kier alpha value is -4.08. The Kier molecular flexibility index (Phi) is 4.64. The number of hydrogen-bond acceptors (Lipinski definition) is 7. The van der Waals surface area contributed by atoms with Gasteiger partial charge >= 0.3 is 0 Å². The van der Waals surface area contributed by atoms with Crippen LogP contribution in [0, 0.1) is 0 Å². The summed E-state index contributed by atoms with van der Waals surface area (Å²) in [5, 5.41) is 8.57. The second kappa shape index (κ2) is 7.74. The molecule has 0 unspecified atom stereocenters. The molecule has 1 saturated heterocycles. The number of imidazole rings is 1. The highest BCUT2D eigenvalue weighted by atomic mass is 16.2. The molecule has 0 atom stereocenters. The van der Waals surface area contributed by atoms with Crippen LogP contribution in [0.25, 0.3) is 11.5 Å². The molecule has 30 heavy (non-hydrogen) atoms. The summed E-state index contributed by atoms with van der Waals surface area (Å²) in [6, 6.07) is 11.5. The molecule has 1 aliphatic rings. The first-order valence-corrected chi connectivity index (χ1v) is 9.60. The van der Waals surface area contributed by atoms with Crippen LogP contribution in [0.1, 0.15) is 10.5 Å². The summed E-state index contributed by atoms with van der Waals surface area (Å²) >= 11 is 0. The summed E-state index contributed by atoms with van der Waals surface area (Å²) in [6.45, 7) is 2.53. The van der Waals surface area contributed by atoms with Crippen molar-refractivity contribution in [1.29, 1.82) is 0 Å². The molecule has 0 aliphatic carbocycles. The zero-order chi connectivity index (χ0) is 20.3. The summed E-state index contributed by atoms with van der Waals surface area (Å²) in [6.07, 6.45) is 8.31. The van der Waals surface area contributed by atoms with Crippen molar-refractivity contribution in [2.24, 2.45) is 0 Å². The predicted molar refractivity (Wildman–Crippen MR) is 109 cm³/mol. The molecule has 1 aromatic carbocycles. The van der Waals surface area contributed by atoms with Gasteiger partial charge in [-0.1, -0.05) is 18.2 Å². The van der Waals surface area contributed by atoms with Gasteiger partial charge in [-0.05, 0) is 12.1 Å². The molecule has 0 spiro atoms. The monoisotopic (exact) mass is 401 g/mol. The number of anilines is 1. The van der Waals surface area contributed by atoms with Crippen molar-refractivity contribution < 1.29 is 4.79 Å². The topological polar surface area (TPSA) is 97.9 Å². The van der Waals surface area contributed by atoms with Crippen LogP contribution in [0.3, 0.4) is 0 Å². The zero-order valence-electron chi connectivity index (χ0n) is 16.1. The lowest BCUT2D eigenvalue weighted by atomic mass is 10.3. The van der Waals surface area contributed by atoms with E-state index in [4.69, 9.17) is 0 Å². The van der Waals surface area contributed by atoms with Gasteiger partial charge in [0.05, 0.1) is 11.9 Å². The van der Waals surface area contributed by atoms with Crippen molar-refractivity contribution in [3.8, 4) is 11.5 Å². The standard InChI is InChI=1S/C20H19N9O/c30-20(17-13-24-29(25-17)16-4-2-1-3-5-16)27-10-8-26(9-11-27)18-12-19(23-14-22-18)28-7-6-21-15-28/h1-7,12-15H,8-11H2. The Morgan fingerprint density at radius 3 is 2.53 bits per heavy atom. The zero-order valence-corrected chi connectivity index (χ0v) is 16.1. The molecule has 4 heterocycles. The molecule has 1 fully saturated rings. The van der Waals surface area contributed by atoms with E-state index in [1.165, 1.54) is 11.0 Å². The molecule has 0 N–H and O–H groups in total. The fraction of sp³-hybridized carbons (Fsp3) is 0.200. The SMILES string of the molecule is O=C(c1cnn(-c2ccccc2)n1)N1CCN(c2cc(-n3ccnc3)ncn2)CC1. The molecule has 0 bridgehead atoms. The van der Waals surface area contributed by atoms with E-state index in [9.17, 15) is 4.79 Å². The maximum atomic E-state index is 12.9. The van der Waals surface area contributed by atoms with Gasteiger partial charge in [0.15, 0.2) is 5.69 Å². The van der Waals surface area contributed by atoms with Gasteiger partial charge in [0, 0.05) is 44.6 Å². The van der Waals surface area contributed by atoms with E-state index >= 15 is 0 Å². The van der Waals surface area contributed by atoms with Gasteiger partial charge in [-0.3, -0.25) is 9.36 Å². The predicted octanol–water partition coefficient (Wildman–Crippen LogP) is 1.21. The van der Waals surface area contributed by atoms with Crippen LogP contribution in [0.4, 0.5) is 5.82 Å². The maximum absolute atomic E-state index is 12.9. The molecule has 1 amide bonds. The van der Waals surface area contributed by atoms with Gasteiger partial charge in [-0.2, -0.15) is 9.90 Å². The van der Waals surface area contributed by atoms with E-state index in [-0.39, 0.29) is 5.91 Å². The highest BCUT2D eigenvalue weighted by molar-refractivity contribution is 5.92. The molecule has 4 aromatic rings. The van der Waals surface area contributed by atoms with Crippen LogP contribution >= 0.6 is 0 Å². The second-order valence-electron chi connectivity index (χ2n) is 6.84. The Balaban J connectivity index is 1.25. The first-order chi connectivity index (χ1) is 14.8. The van der Waals surface area contributed by atoms with Gasteiger partial charge in [0.25, 0.3) is 5.91 Å². The minimum absolute atomic E-state index is 0.112. The van der Waals surface area contributed by atoms with E-state index in [0.29, 0.717) is 31.9 Å². The summed E-state index contributed by atoms with van der Waals surface area (Å²) < 4.78 is 1.83. The van der Waals surface area contributed by atoms with Crippen LogP contribution in [0.5, 0.6) is 0 Å². The molecular weight excluding hydrogens is 382 g/mol. The summed E-state index contributed by atoms with van der Waals surface area (Å²) in [7, 11) is 0. The molecule has 10 heteroatoms. The first-order valence-electron chi connectivity index (χ1n) is 9.60. The van der Waals surface area contributed by atoms with Crippen molar-refractivity contribution in [1.82, 2.24) is 39.4 Å². The third-order valence-electron chi connectivity index (χ3n) is 5.00. The average Bonchev–Trinajstić information content (AvgIpc) is 3.52. The van der Waals surface area contributed by atoms with E-state index in [1.807, 2.05) is 47.2 Å². The Bertz CT molecular complexity index is 1130. The van der Waals surface area contributed by atoms with E-state index in [0.717, 1.165) is 17.3 Å². The lowest BCUT2D eigenvalue weighted by molar-refractivity contribution is 0.0740. The van der Waals surface area contributed by atoms with Crippen LogP contribution in [-0.4, -0.2) is 71.5 Å². The van der Waals surface area contributed by atoms with E-state index < -0.39 is 0 Å². The molecule has 0 saturated carbocycles. The maximum Gasteiger partial charge on any atom is 0.276 e. The fourth-order valence-electron chi connectivity index (χ4n) is 3.39. The Labute approximate surface area is 172 Å². The third kappa shape index (κ3) is 3.50. The van der Waals surface area contributed by atoms with Crippen molar-refractivity contribution >= 4 is 11.7 Å². The lowest BCUT2D eigenvalue weighted by Gasteiger charge is -2.35. The lowest BCUT2D eigenvalue weighted by Crippen LogP contribution is -2.49. The van der Waals surface area contributed by atoms with Gasteiger partial charge in [0.1, 0.15) is 24.3 Å². The van der Waals surface area contributed by atoms with E-state index in [2.05, 4.69) is 30.0 Å². The van der Waals surface area contributed by atoms with Gasteiger partial charge < -0.3 is 9.80 Å². The molecular formula is C20H19N9O. The number of carbonyl (C=O) groups is 1. The quantitative estimate of drug-likeness (QED) is 0.507. The van der Waals surface area contributed by atoms with E-state index in [1.54, 1.807) is 23.8 Å². The molecule has 3 aromatic heterocycles. The van der Waals surface area contributed by atoms with Gasteiger partial charge in [-0.15, -0.1) is 5.10 Å². The van der Waals surface area contributed by atoms with Gasteiger partial charge in [0.2, 0.25) is 0 Å². The smallest absolute Gasteiger partial charge is 0.276 e. The number of piperazine rings is 1. The van der Waals surface area contributed by atoms with Crippen molar-refractivity contribution in [2.45, 2.75) is 0 Å². The fourth-order valence-corrected chi connectivity index (χ4v) is 3.39. The molecule has 150 valence electrons. The Morgan fingerprint density at radius 1 is 0.967 bits per heavy atom. The number of carbonyl (C=O) groups excluding carboxylic acids is 1. The van der Waals surface area contributed by atoms with Crippen LogP contribution in [-0.2, 0) is 0 Å². The highest BCUT2D eigenvalue weighted by Crippen LogP contribution is 2.17. The molecule has 0 radical (unpaired) electrons. The Morgan fingerprint density at radius 2 is 1.77 bits per heavy atom. The number of nitrogens with zero attached hydrogens (tertiary/aromatic N) is 9. The number of benzene rings is 1. The van der Waals surface area contributed by atoms with Crippen molar-refractivity contribution in [3.63, 3.8) is 0 Å². The van der Waals surface area contributed by atoms with Crippen LogP contribution in [0.15, 0.2) is 67.6 Å². The number of para-hydroxylation sites is 1. The molecule has 1 aliphatic heterocycles. The third-order valence-corrected chi connectivity index (χ3v) is 5.00. The highest BCUT2D eigenvalue weighted by Gasteiger charge is 2.25. The van der Waals surface area contributed by atoms with Crippen LogP contribution < -0.4 is 4.90 Å². The first kappa shape index (κ1) is 18.0. The number of rotatable bonds is 4.